The summed E-state index contributed by atoms with van der Waals surface area (Å²) < 4.78 is 17.1. The molecule has 0 unspecified atom stereocenters. The van der Waals surface area contributed by atoms with Gasteiger partial charge in [0.1, 0.15) is 24.7 Å². The summed E-state index contributed by atoms with van der Waals surface area (Å²) in [6.07, 6.45) is 0.887. The molecule has 1 atom stereocenters. The average Bonchev–Trinajstić information content (AvgIpc) is 2.99. The summed E-state index contributed by atoms with van der Waals surface area (Å²) in [5.74, 6) is 2.41. The summed E-state index contributed by atoms with van der Waals surface area (Å²) in [7, 11) is 0. The van der Waals surface area contributed by atoms with Gasteiger partial charge in [-0.05, 0) is 62.9 Å². The molecule has 2 aromatic carbocycles. The van der Waals surface area contributed by atoms with Gasteiger partial charge in [0.15, 0.2) is 11.5 Å². The monoisotopic (exact) mass is 406 g/mol. The molecule has 0 aliphatic carbocycles. The van der Waals surface area contributed by atoms with Gasteiger partial charge >= 0.3 is 0 Å². The first kappa shape index (κ1) is 19.0. The Morgan fingerprint density at radius 2 is 1.93 bits per heavy atom. The summed E-state index contributed by atoms with van der Waals surface area (Å²) in [6.45, 7) is 10.0. The molecule has 5 rings (SSSR count). The highest BCUT2D eigenvalue weighted by Gasteiger charge is 2.48. The number of fused-ring (bicyclic) bond motifs is 1. The summed E-state index contributed by atoms with van der Waals surface area (Å²) in [4.78, 5) is 20.3. The van der Waals surface area contributed by atoms with Crippen LogP contribution in [0.25, 0.3) is 0 Å². The third-order valence-corrected chi connectivity index (χ3v) is 6.02. The Bertz CT molecular complexity index is 1070. The number of carbonyl (C=O) groups is 1. The number of hydrogen-bond acceptors (Lipinski definition) is 5. The topological polar surface area (TPSA) is 60.4 Å². The van der Waals surface area contributed by atoms with E-state index in [0.717, 1.165) is 29.0 Å². The van der Waals surface area contributed by atoms with Crippen molar-refractivity contribution in [2.24, 2.45) is 4.99 Å². The lowest BCUT2D eigenvalue weighted by Gasteiger charge is -2.43. The third kappa shape index (κ3) is 2.85. The van der Waals surface area contributed by atoms with E-state index in [4.69, 9.17) is 19.2 Å². The number of carbonyl (C=O) groups excluding carboxylic acids is 1. The molecule has 0 N–H and O–H groups in total. The van der Waals surface area contributed by atoms with Gasteiger partial charge in [-0.15, -0.1) is 0 Å². The van der Waals surface area contributed by atoms with E-state index in [9.17, 15) is 4.79 Å². The number of rotatable bonds is 3. The normalized spacial score (nSPS) is 22.3. The minimum Gasteiger partial charge on any atom is -0.494 e. The number of anilines is 1. The van der Waals surface area contributed by atoms with Crippen molar-refractivity contribution < 1.29 is 19.0 Å². The molecule has 0 spiro atoms. The number of hydrogen-bond donors (Lipinski definition) is 0. The van der Waals surface area contributed by atoms with E-state index in [1.165, 1.54) is 0 Å². The van der Waals surface area contributed by atoms with Crippen LogP contribution in [0.5, 0.6) is 17.2 Å². The van der Waals surface area contributed by atoms with Crippen LogP contribution in [0.15, 0.2) is 35.3 Å². The second kappa shape index (κ2) is 6.76. The number of nitrogens with zero attached hydrogens (tertiary/aromatic N) is 2. The predicted octanol–water partition coefficient (Wildman–Crippen LogP) is 4.61. The quantitative estimate of drug-likeness (QED) is 0.747. The average molecular weight is 406 g/mol. The molecule has 3 aliphatic heterocycles. The highest BCUT2D eigenvalue weighted by Crippen LogP contribution is 2.50. The van der Waals surface area contributed by atoms with Crippen molar-refractivity contribution >= 4 is 23.0 Å². The van der Waals surface area contributed by atoms with Crippen molar-refractivity contribution in [3.05, 3.63) is 41.5 Å². The Hall–Kier alpha value is -3.02. The van der Waals surface area contributed by atoms with Crippen molar-refractivity contribution in [3.8, 4) is 17.2 Å². The van der Waals surface area contributed by atoms with Crippen LogP contribution in [0.3, 0.4) is 0 Å². The largest absolute Gasteiger partial charge is 0.494 e. The first-order chi connectivity index (χ1) is 14.4. The van der Waals surface area contributed by atoms with Gasteiger partial charge in [-0.3, -0.25) is 4.79 Å². The van der Waals surface area contributed by atoms with Crippen LogP contribution >= 0.6 is 0 Å². The molecule has 0 radical (unpaired) electrons. The Kier molecular flexibility index (Phi) is 4.27. The summed E-state index contributed by atoms with van der Waals surface area (Å²) in [5, 5.41) is 0. The Labute approximate surface area is 176 Å². The fourth-order valence-electron chi connectivity index (χ4n) is 4.87. The van der Waals surface area contributed by atoms with E-state index in [1.54, 1.807) is 0 Å². The molecule has 3 aliphatic rings. The zero-order chi connectivity index (χ0) is 21.0. The molecule has 0 saturated heterocycles. The maximum Gasteiger partial charge on any atom is 0.278 e. The lowest BCUT2D eigenvalue weighted by Crippen LogP contribution is -2.50. The van der Waals surface area contributed by atoms with Crippen LogP contribution in [0, 0.1) is 0 Å². The first-order valence-corrected chi connectivity index (χ1v) is 10.5. The summed E-state index contributed by atoms with van der Waals surface area (Å²) in [5.41, 5.74) is 3.81. The molecule has 0 bridgehead atoms. The molecular formula is C24H26N2O4. The molecule has 1 amide bonds. The molecule has 0 aromatic heterocycles. The molecule has 6 heteroatoms. The molecule has 30 heavy (non-hydrogen) atoms. The van der Waals surface area contributed by atoms with Gasteiger partial charge in [0.2, 0.25) is 0 Å². The second-order valence-corrected chi connectivity index (χ2v) is 8.69. The minimum absolute atomic E-state index is 0.0633. The van der Waals surface area contributed by atoms with Gasteiger partial charge in [0.05, 0.1) is 18.0 Å². The van der Waals surface area contributed by atoms with E-state index in [0.29, 0.717) is 48.6 Å². The van der Waals surface area contributed by atoms with Crippen LogP contribution in [0.1, 0.15) is 51.2 Å². The summed E-state index contributed by atoms with van der Waals surface area (Å²) in [6, 6.07) is 9.56. The molecule has 2 aromatic rings. The van der Waals surface area contributed by atoms with Crippen LogP contribution in [0.4, 0.5) is 11.4 Å². The van der Waals surface area contributed by atoms with Crippen molar-refractivity contribution in [1.29, 1.82) is 0 Å². The number of amides is 1. The smallest absolute Gasteiger partial charge is 0.278 e. The first-order valence-electron chi connectivity index (χ1n) is 10.5. The van der Waals surface area contributed by atoms with Crippen LogP contribution in [-0.2, 0) is 4.79 Å². The fraction of sp³-hybridized carbons (Fsp3) is 0.417. The van der Waals surface area contributed by atoms with Gasteiger partial charge in [-0.1, -0.05) is 6.92 Å². The van der Waals surface area contributed by atoms with Crippen LogP contribution in [0.2, 0.25) is 0 Å². The third-order valence-electron chi connectivity index (χ3n) is 6.02. The number of ether oxygens (including phenoxy) is 3. The molecule has 3 heterocycles. The van der Waals surface area contributed by atoms with E-state index in [-0.39, 0.29) is 11.4 Å². The van der Waals surface area contributed by atoms with Crippen molar-refractivity contribution in [1.82, 2.24) is 0 Å². The van der Waals surface area contributed by atoms with Gasteiger partial charge in [0.25, 0.3) is 5.91 Å². The number of aliphatic imine (C=N–C) groups is 1. The zero-order valence-electron chi connectivity index (χ0n) is 17.8. The molecule has 0 saturated carbocycles. The zero-order valence-corrected chi connectivity index (χ0v) is 17.8. The van der Waals surface area contributed by atoms with E-state index >= 15 is 0 Å². The van der Waals surface area contributed by atoms with E-state index < -0.39 is 0 Å². The highest BCUT2D eigenvalue weighted by molar-refractivity contribution is 6.55. The van der Waals surface area contributed by atoms with Gasteiger partial charge in [0, 0.05) is 17.2 Å². The molecular weight excluding hydrogens is 380 g/mol. The Morgan fingerprint density at radius 3 is 2.70 bits per heavy atom. The Balaban J connectivity index is 1.68. The van der Waals surface area contributed by atoms with Crippen LogP contribution < -0.4 is 19.1 Å². The van der Waals surface area contributed by atoms with Gasteiger partial charge in [-0.2, -0.15) is 0 Å². The highest BCUT2D eigenvalue weighted by atomic mass is 16.6. The molecule has 0 fully saturated rings. The number of benzene rings is 2. The molecule has 6 nitrogen and oxygen atoms in total. The van der Waals surface area contributed by atoms with Crippen molar-refractivity contribution in [3.63, 3.8) is 0 Å². The predicted molar refractivity (Wildman–Crippen MR) is 116 cm³/mol. The second-order valence-electron chi connectivity index (χ2n) is 8.69. The SMILES string of the molecule is CCOc1cc2c3c(c1)[C@@H](C)CC(C)(C)N3C(=O)C2=Nc1ccc2c(c1)OCCO2. The van der Waals surface area contributed by atoms with Crippen molar-refractivity contribution in [2.45, 2.75) is 45.6 Å². The molecule has 156 valence electrons. The van der Waals surface area contributed by atoms with Crippen LogP contribution in [-0.4, -0.2) is 37.0 Å². The van der Waals surface area contributed by atoms with Gasteiger partial charge < -0.3 is 19.1 Å². The maximum absolute atomic E-state index is 13.6. The minimum atomic E-state index is -0.282. The van der Waals surface area contributed by atoms with Crippen molar-refractivity contribution in [2.75, 3.05) is 24.7 Å². The maximum atomic E-state index is 13.6. The van der Waals surface area contributed by atoms with E-state index in [1.807, 2.05) is 36.1 Å². The Morgan fingerprint density at radius 1 is 1.17 bits per heavy atom. The lowest BCUT2D eigenvalue weighted by molar-refractivity contribution is -0.113. The lowest BCUT2D eigenvalue weighted by atomic mass is 9.80. The van der Waals surface area contributed by atoms with E-state index in [2.05, 4.69) is 26.8 Å². The summed E-state index contributed by atoms with van der Waals surface area (Å²) >= 11 is 0. The van der Waals surface area contributed by atoms with Gasteiger partial charge in [-0.25, -0.2) is 4.99 Å². The standard InChI is InChI=1S/C24H26N2O4/c1-5-28-16-11-17-14(2)13-24(3,4)26-22(17)18(12-16)21(23(26)27)25-15-6-7-19-20(10-15)30-9-8-29-19/h6-7,10-12,14H,5,8-9,13H2,1-4H3/t14-/m0/s1. The fourth-order valence-corrected chi connectivity index (χ4v) is 4.87.